The third-order valence-corrected chi connectivity index (χ3v) is 4.09. The monoisotopic (exact) mass is 369 g/mol. The quantitative estimate of drug-likeness (QED) is 0.789. The summed E-state index contributed by atoms with van der Waals surface area (Å²) in [6, 6.07) is 7.67. The smallest absolute Gasteiger partial charge is 0.159 e. The fourth-order valence-corrected chi connectivity index (χ4v) is 2.38. The zero-order chi connectivity index (χ0) is 15.2. The summed E-state index contributed by atoms with van der Waals surface area (Å²) in [7, 11) is 1.69. The van der Waals surface area contributed by atoms with Gasteiger partial charge in [-0.25, -0.2) is 9.97 Å². The Balaban J connectivity index is 2.19. The van der Waals surface area contributed by atoms with Crippen molar-refractivity contribution in [2.45, 2.75) is 13.5 Å². The highest BCUT2D eigenvalue weighted by Crippen LogP contribution is 2.27. The van der Waals surface area contributed by atoms with Crippen LogP contribution in [0.3, 0.4) is 0 Å². The molecule has 1 aromatic carbocycles. The summed E-state index contributed by atoms with van der Waals surface area (Å²) in [5.41, 5.74) is 2.84. The van der Waals surface area contributed by atoms with E-state index >= 15 is 0 Å². The molecule has 0 saturated carbocycles. The largest absolute Gasteiger partial charge is 0.383 e. The Morgan fingerprint density at radius 3 is 2.81 bits per heavy atom. The number of halogens is 2. The standard InChI is InChI=1S/C15H17BrClN3O/c1-10-7-12(9-18-5-6-21-2)20-15(19-10)11-3-4-14(17)13(16)8-11/h3-4,7-8,18H,5-6,9H2,1-2H3. The van der Waals surface area contributed by atoms with Gasteiger partial charge in [-0.3, -0.25) is 0 Å². The van der Waals surface area contributed by atoms with E-state index in [0.29, 0.717) is 24.0 Å². The van der Waals surface area contributed by atoms with Crippen LogP contribution in [0, 0.1) is 6.92 Å². The Hall–Kier alpha value is -1.01. The number of ether oxygens (including phenoxy) is 1. The molecule has 112 valence electrons. The van der Waals surface area contributed by atoms with Crippen LogP contribution in [-0.4, -0.2) is 30.2 Å². The summed E-state index contributed by atoms with van der Waals surface area (Å²) in [6.45, 7) is 4.13. The first-order valence-corrected chi connectivity index (χ1v) is 7.77. The lowest BCUT2D eigenvalue weighted by molar-refractivity contribution is 0.199. The molecule has 0 bridgehead atoms. The molecular formula is C15H17BrClN3O. The van der Waals surface area contributed by atoms with Crippen molar-refractivity contribution in [2.24, 2.45) is 0 Å². The number of aromatic nitrogens is 2. The first-order chi connectivity index (χ1) is 10.1. The van der Waals surface area contributed by atoms with Gasteiger partial charge in [-0.15, -0.1) is 0 Å². The van der Waals surface area contributed by atoms with Crippen LogP contribution in [0.15, 0.2) is 28.7 Å². The SMILES string of the molecule is COCCNCc1cc(C)nc(-c2ccc(Cl)c(Br)c2)n1. The number of methoxy groups -OCH3 is 1. The van der Waals surface area contributed by atoms with E-state index in [9.17, 15) is 0 Å². The highest BCUT2D eigenvalue weighted by Gasteiger charge is 2.07. The maximum absolute atomic E-state index is 6.02. The van der Waals surface area contributed by atoms with Crippen LogP contribution in [0.4, 0.5) is 0 Å². The summed E-state index contributed by atoms with van der Waals surface area (Å²) >= 11 is 9.45. The van der Waals surface area contributed by atoms with Gasteiger partial charge in [-0.05, 0) is 47.1 Å². The van der Waals surface area contributed by atoms with Crippen molar-refractivity contribution in [1.82, 2.24) is 15.3 Å². The lowest BCUT2D eigenvalue weighted by atomic mass is 10.2. The van der Waals surface area contributed by atoms with Crippen LogP contribution in [0.2, 0.25) is 5.02 Å². The second kappa shape index (κ2) is 7.84. The second-order valence-electron chi connectivity index (χ2n) is 4.62. The van der Waals surface area contributed by atoms with Crippen LogP contribution in [-0.2, 0) is 11.3 Å². The number of hydrogen-bond donors (Lipinski definition) is 1. The number of aryl methyl sites for hydroxylation is 1. The molecule has 6 heteroatoms. The van der Waals surface area contributed by atoms with Gasteiger partial charge in [0, 0.05) is 35.9 Å². The maximum atomic E-state index is 6.02. The second-order valence-corrected chi connectivity index (χ2v) is 5.88. The zero-order valence-corrected chi connectivity index (χ0v) is 14.3. The molecule has 0 radical (unpaired) electrons. The van der Waals surface area contributed by atoms with Gasteiger partial charge in [0.05, 0.1) is 17.3 Å². The van der Waals surface area contributed by atoms with Crippen LogP contribution >= 0.6 is 27.5 Å². The van der Waals surface area contributed by atoms with Gasteiger partial charge in [0.25, 0.3) is 0 Å². The number of rotatable bonds is 6. The van der Waals surface area contributed by atoms with E-state index in [0.717, 1.165) is 28.0 Å². The number of nitrogens with zero attached hydrogens (tertiary/aromatic N) is 2. The molecule has 2 rings (SSSR count). The van der Waals surface area contributed by atoms with E-state index in [2.05, 4.69) is 31.2 Å². The van der Waals surface area contributed by atoms with E-state index in [4.69, 9.17) is 16.3 Å². The molecule has 0 aliphatic heterocycles. The normalized spacial score (nSPS) is 10.9. The predicted molar refractivity (Wildman–Crippen MR) is 88.5 cm³/mol. The van der Waals surface area contributed by atoms with Gasteiger partial charge in [-0.1, -0.05) is 11.6 Å². The molecule has 0 aliphatic carbocycles. The maximum Gasteiger partial charge on any atom is 0.159 e. The van der Waals surface area contributed by atoms with Crippen molar-refractivity contribution in [3.63, 3.8) is 0 Å². The molecule has 0 fully saturated rings. The highest BCUT2D eigenvalue weighted by molar-refractivity contribution is 9.10. The Kier molecular flexibility index (Phi) is 6.11. The molecule has 4 nitrogen and oxygen atoms in total. The van der Waals surface area contributed by atoms with Crippen molar-refractivity contribution >= 4 is 27.5 Å². The lowest BCUT2D eigenvalue weighted by Crippen LogP contribution is -2.19. The molecule has 2 aromatic rings. The molecule has 1 N–H and O–H groups in total. The zero-order valence-electron chi connectivity index (χ0n) is 12.0. The average Bonchev–Trinajstić information content (AvgIpc) is 2.46. The molecule has 1 aromatic heterocycles. The molecule has 0 spiro atoms. The van der Waals surface area contributed by atoms with Crippen molar-refractivity contribution < 1.29 is 4.74 Å². The van der Waals surface area contributed by atoms with Gasteiger partial charge < -0.3 is 10.1 Å². The Morgan fingerprint density at radius 2 is 2.10 bits per heavy atom. The fourth-order valence-electron chi connectivity index (χ4n) is 1.88. The Bertz CT molecular complexity index is 622. The van der Waals surface area contributed by atoms with Crippen LogP contribution in [0.5, 0.6) is 0 Å². The molecule has 0 aliphatic rings. The van der Waals surface area contributed by atoms with Gasteiger partial charge in [0.2, 0.25) is 0 Å². The minimum absolute atomic E-state index is 0.674. The molecule has 1 heterocycles. The van der Waals surface area contributed by atoms with Crippen molar-refractivity contribution in [2.75, 3.05) is 20.3 Å². The van der Waals surface area contributed by atoms with Gasteiger partial charge in [0.1, 0.15) is 0 Å². The van der Waals surface area contributed by atoms with Gasteiger partial charge in [0.15, 0.2) is 5.82 Å². The first kappa shape index (κ1) is 16.4. The molecule has 0 saturated heterocycles. The van der Waals surface area contributed by atoms with Crippen molar-refractivity contribution in [3.8, 4) is 11.4 Å². The van der Waals surface area contributed by atoms with E-state index < -0.39 is 0 Å². The van der Waals surface area contributed by atoms with Crippen LogP contribution < -0.4 is 5.32 Å². The third kappa shape index (κ3) is 4.74. The van der Waals surface area contributed by atoms with E-state index in [1.165, 1.54) is 0 Å². The Labute approximate surface area is 138 Å². The van der Waals surface area contributed by atoms with Crippen molar-refractivity contribution in [1.29, 1.82) is 0 Å². The topological polar surface area (TPSA) is 47.0 Å². The average molecular weight is 371 g/mol. The molecule has 0 amide bonds. The summed E-state index contributed by atoms with van der Waals surface area (Å²) < 4.78 is 5.85. The molecule has 0 unspecified atom stereocenters. The van der Waals surface area contributed by atoms with Crippen LogP contribution in [0.25, 0.3) is 11.4 Å². The summed E-state index contributed by atoms with van der Waals surface area (Å²) in [5, 5.41) is 3.96. The van der Waals surface area contributed by atoms with Gasteiger partial charge in [-0.2, -0.15) is 0 Å². The van der Waals surface area contributed by atoms with E-state index in [1.807, 2.05) is 31.2 Å². The summed E-state index contributed by atoms with van der Waals surface area (Å²) in [5.74, 6) is 0.705. The van der Waals surface area contributed by atoms with E-state index in [-0.39, 0.29) is 0 Å². The molecule has 0 atom stereocenters. The minimum atomic E-state index is 0.674. The first-order valence-electron chi connectivity index (χ1n) is 6.60. The predicted octanol–water partition coefficient (Wildman–Crippen LogP) is 3.60. The van der Waals surface area contributed by atoms with E-state index in [1.54, 1.807) is 7.11 Å². The number of hydrogen-bond acceptors (Lipinski definition) is 4. The van der Waals surface area contributed by atoms with Gasteiger partial charge >= 0.3 is 0 Å². The summed E-state index contributed by atoms with van der Waals surface area (Å²) in [4.78, 5) is 9.09. The number of benzene rings is 1. The third-order valence-electron chi connectivity index (χ3n) is 2.87. The Morgan fingerprint density at radius 1 is 1.29 bits per heavy atom. The minimum Gasteiger partial charge on any atom is -0.383 e. The van der Waals surface area contributed by atoms with Crippen LogP contribution in [0.1, 0.15) is 11.4 Å². The lowest BCUT2D eigenvalue weighted by Gasteiger charge is -2.08. The summed E-state index contributed by atoms with van der Waals surface area (Å²) in [6.07, 6.45) is 0. The van der Waals surface area contributed by atoms with Crippen molar-refractivity contribution in [3.05, 3.63) is 45.1 Å². The molecule has 21 heavy (non-hydrogen) atoms. The number of nitrogens with one attached hydrogen (secondary N) is 1. The highest BCUT2D eigenvalue weighted by atomic mass is 79.9. The fraction of sp³-hybridized carbons (Fsp3) is 0.333. The molecular weight excluding hydrogens is 354 g/mol.